The second kappa shape index (κ2) is 3.12. The van der Waals surface area contributed by atoms with E-state index < -0.39 is 0 Å². The van der Waals surface area contributed by atoms with Crippen molar-refractivity contribution < 1.29 is 14.6 Å². The van der Waals surface area contributed by atoms with E-state index in [1.54, 1.807) is 12.1 Å². The van der Waals surface area contributed by atoms with Gasteiger partial charge in [-0.1, -0.05) is 15.9 Å². The van der Waals surface area contributed by atoms with Crippen molar-refractivity contribution in [2.24, 2.45) is 0 Å². The molecule has 0 atom stereocenters. The van der Waals surface area contributed by atoms with E-state index in [9.17, 15) is 4.79 Å². The molecule has 68 valence electrons. The molecule has 2 rings (SSSR count). The van der Waals surface area contributed by atoms with Crippen molar-refractivity contribution in [3.8, 4) is 0 Å². The van der Waals surface area contributed by atoms with Gasteiger partial charge in [-0.25, -0.2) is 4.79 Å². The van der Waals surface area contributed by atoms with Gasteiger partial charge in [0.15, 0.2) is 0 Å². The summed E-state index contributed by atoms with van der Waals surface area (Å²) in [5, 5.41) is 9.07. The molecule has 0 saturated heterocycles. The number of ether oxygens (including phenoxy) is 1. The van der Waals surface area contributed by atoms with Crippen LogP contribution in [-0.4, -0.2) is 11.1 Å². The fourth-order valence-electron chi connectivity index (χ4n) is 1.41. The number of hydrogen-bond donors (Lipinski definition) is 1. The minimum Gasteiger partial charge on any atom is -0.457 e. The average molecular weight is 243 g/mol. The Morgan fingerprint density at radius 3 is 3.00 bits per heavy atom. The van der Waals surface area contributed by atoms with E-state index in [2.05, 4.69) is 15.9 Å². The Hall–Kier alpha value is -0.870. The van der Waals surface area contributed by atoms with E-state index in [0.29, 0.717) is 5.56 Å². The van der Waals surface area contributed by atoms with Crippen molar-refractivity contribution in [3.05, 3.63) is 33.3 Å². The molecule has 0 bridgehead atoms. The largest absolute Gasteiger partial charge is 0.457 e. The first-order chi connectivity index (χ1) is 6.24. The van der Waals surface area contributed by atoms with E-state index in [1.807, 2.05) is 0 Å². The summed E-state index contributed by atoms with van der Waals surface area (Å²) in [6, 6.07) is 3.45. The van der Waals surface area contributed by atoms with E-state index in [4.69, 9.17) is 9.84 Å². The second-order valence-corrected chi connectivity index (χ2v) is 3.64. The van der Waals surface area contributed by atoms with Crippen LogP contribution in [-0.2, 0) is 18.0 Å². The molecule has 1 aliphatic rings. The summed E-state index contributed by atoms with van der Waals surface area (Å²) in [4.78, 5) is 11.1. The highest BCUT2D eigenvalue weighted by Gasteiger charge is 2.24. The van der Waals surface area contributed by atoms with E-state index in [-0.39, 0.29) is 19.2 Å². The third-order valence-corrected chi connectivity index (χ3v) is 2.84. The first-order valence-corrected chi connectivity index (χ1v) is 4.61. The number of carbonyl (C=O) groups is 1. The summed E-state index contributed by atoms with van der Waals surface area (Å²) in [5.41, 5.74) is 2.09. The maximum atomic E-state index is 11.1. The Bertz CT molecular complexity index is 373. The van der Waals surface area contributed by atoms with Gasteiger partial charge in [0.05, 0.1) is 12.2 Å². The van der Waals surface area contributed by atoms with Crippen LogP contribution in [0, 0.1) is 0 Å². The maximum Gasteiger partial charge on any atom is 0.338 e. The molecule has 0 aliphatic carbocycles. The van der Waals surface area contributed by atoms with Gasteiger partial charge in [-0.2, -0.15) is 0 Å². The third kappa shape index (κ3) is 1.26. The summed E-state index contributed by atoms with van der Waals surface area (Å²) >= 11 is 3.30. The number of benzene rings is 1. The highest BCUT2D eigenvalue weighted by molar-refractivity contribution is 9.10. The predicted octanol–water partition coefficient (Wildman–Crippen LogP) is 1.61. The van der Waals surface area contributed by atoms with Gasteiger partial charge in [-0.15, -0.1) is 0 Å². The van der Waals surface area contributed by atoms with Crippen molar-refractivity contribution in [1.29, 1.82) is 0 Å². The SMILES string of the molecule is O=C1OCc2c1ccc(Br)c2CO. The molecule has 4 heteroatoms. The van der Waals surface area contributed by atoms with Crippen LogP contribution in [0.4, 0.5) is 0 Å². The topological polar surface area (TPSA) is 46.5 Å². The zero-order chi connectivity index (χ0) is 9.42. The minimum absolute atomic E-state index is 0.0829. The Morgan fingerprint density at radius 1 is 1.54 bits per heavy atom. The number of fused-ring (bicyclic) bond motifs is 1. The number of carbonyl (C=O) groups excluding carboxylic acids is 1. The molecule has 13 heavy (non-hydrogen) atoms. The summed E-state index contributed by atoms with van der Waals surface area (Å²) in [5.74, 6) is -0.308. The van der Waals surface area contributed by atoms with Crippen LogP contribution in [0.3, 0.4) is 0 Å². The molecule has 0 saturated carbocycles. The monoisotopic (exact) mass is 242 g/mol. The van der Waals surface area contributed by atoms with Crippen LogP contribution in [0.25, 0.3) is 0 Å². The third-order valence-electron chi connectivity index (χ3n) is 2.10. The molecular weight excluding hydrogens is 236 g/mol. The average Bonchev–Trinajstić information content (AvgIpc) is 2.48. The number of aliphatic hydroxyl groups is 1. The quantitative estimate of drug-likeness (QED) is 0.762. The molecule has 1 aromatic carbocycles. The maximum absolute atomic E-state index is 11.1. The summed E-state index contributed by atoms with van der Waals surface area (Å²) in [7, 11) is 0. The zero-order valence-corrected chi connectivity index (χ0v) is 8.30. The van der Waals surface area contributed by atoms with E-state index in [0.717, 1.165) is 15.6 Å². The molecule has 0 fully saturated rings. The molecule has 1 N–H and O–H groups in total. The summed E-state index contributed by atoms with van der Waals surface area (Å²) < 4.78 is 5.66. The van der Waals surface area contributed by atoms with Crippen LogP contribution in [0.2, 0.25) is 0 Å². The molecule has 1 aliphatic heterocycles. The lowest BCUT2D eigenvalue weighted by atomic mass is 10.0. The Labute approximate surface area is 83.5 Å². The number of hydrogen-bond acceptors (Lipinski definition) is 3. The Morgan fingerprint density at radius 2 is 2.31 bits per heavy atom. The Kier molecular flexibility index (Phi) is 2.09. The van der Waals surface area contributed by atoms with Crippen LogP contribution in [0.1, 0.15) is 21.5 Å². The lowest BCUT2D eigenvalue weighted by molar-refractivity contribution is 0.0534. The smallest absolute Gasteiger partial charge is 0.338 e. The van der Waals surface area contributed by atoms with Crippen molar-refractivity contribution in [2.75, 3.05) is 0 Å². The fraction of sp³-hybridized carbons (Fsp3) is 0.222. The first-order valence-electron chi connectivity index (χ1n) is 3.82. The molecule has 0 amide bonds. The summed E-state index contributed by atoms with van der Waals surface area (Å²) in [6.45, 7) is 0.184. The Balaban J connectivity index is 2.64. The summed E-state index contributed by atoms with van der Waals surface area (Å²) in [6.07, 6.45) is 0. The number of rotatable bonds is 1. The molecule has 0 aromatic heterocycles. The number of halogens is 1. The van der Waals surface area contributed by atoms with Gasteiger partial charge in [-0.05, 0) is 17.7 Å². The highest BCUT2D eigenvalue weighted by atomic mass is 79.9. The molecule has 1 aromatic rings. The van der Waals surface area contributed by atoms with Gasteiger partial charge in [0.2, 0.25) is 0 Å². The van der Waals surface area contributed by atoms with Gasteiger partial charge in [-0.3, -0.25) is 0 Å². The first kappa shape index (κ1) is 8.72. The standard InChI is InChI=1S/C9H7BrO3/c10-8-2-1-5-7(6(8)3-11)4-13-9(5)12/h1-2,11H,3-4H2. The van der Waals surface area contributed by atoms with Gasteiger partial charge in [0, 0.05) is 10.0 Å². The predicted molar refractivity (Wildman–Crippen MR) is 49.2 cm³/mol. The van der Waals surface area contributed by atoms with Crippen molar-refractivity contribution >= 4 is 21.9 Å². The van der Waals surface area contributed by atoms with E-state index in [1.165, 1.54) is 0 Å². The second-order valence-electron chi connectivity index (χ2n) is 2.79. The van der Waals surface area contributed by atoms with E-state index >= 15 is 0 Å². The normalized spacial score (nSPS) is 14.2. The van der Waals surface area contributed by atoms with Crippen LogP contribution in [0.5, 0.6) is 0 Å². The number of esters is 1. The van der Waals surface area contributed by atoms with Crippen LogP contribution < -0.4 is 0 Å². The minimum atomic E-state index is -0.308. The number of aliphatic hydroxyl groups excluding tert-OH is 1. The molecule has 1 heterocycles. The zero-order valence-electron chi connectivity index (χ0n) is 6.71. The van der Waals surface area contributed by atoms with Crippen molar-refractivity contribution in [1.82, 2.24) is 0 Å². The lowest BCUT2D eigenvalue weighted by Crippen LogP contribution is -1.96. The lowest BCUT2D eigenvalue weighted by Gasteiger charge is -2.04. The van der Waals surface area contributed by atoms with Gasteiger partial charge in [0.1, 0.15) is 6.61 Å². The molecule has 0 unspecified atom stereocenters. The van der Waals surface area contributed by atoms with Gasteiger partial charge < -0.3 is 9.84 Å². The molecular formula is C9H7BrO3. The van der Waals surface area contributed by atoms with Crippen LogP contribution >= 0.6 is 15.9 Å². The molecule has 0 spiro atoms. The van der Waals surface area contributed by atoms with Crippen molar-refractivity contribution in [2.45, 2.75) is 13.2 Å². The number of cyclic esters (lactones) is 1. The molecule has 0 radical (unpaired) electrons. The highest BCUT2D eigenvalue weighted by Crippen LogP contribution is 2.29. The van der Waals surface area contributed by atoms with Gasteiger partial charge >= 0.3 is 5.97 Å². The van der Waals surface area contributed by atoms with Crippen LogP contribution in [0.15, 0.2) is 16.6 Å². The fourth-order valence-corrected chi connectivity index (χ4v) is 1.90. The van der Waals surface area contributed by atoms with Gasteiger partial charge in [0.25, 0.3) is 0 Å². The molecule has 3 nitrogen and oxygen atoms in total. The van der Waals surface area contributed by atoms with Crippen molar-refractivity contribution in [3.63, 3.8) is 0 Å².